The summed E-state index contributed by atoms with van der Waals surface area (Å²) in [6.45, 7) is 3.01. The number of aliphatic hydroxyl groups excluding tert-OH is 1. The highest BCUT2D eigenvalue weighted by Gasteiger charge is 2.40. The molecule has 4 unspecified atom stereocenters. The standard InChI is InChI=1S/C15H20O2/c1-10-8-13(10)14(16)9-11-6-7-17-15-5-3-2-4-12(11)15/h2-5,10-11,13-14,16H,6-9H2,1H3. The van der Waals surface area contributed by atoms with Gasteiger partial charge in [-0.05, 0) is 48.6 Å². The molecule has 2 nitrogen and oxygen atoms in total. The molecule has 3 rings (SSSR count). The molecular weight excluding hydrogens is 212 g/mol. The Hall–Kier alpha value is -1.02. The molecule has 17 heavy (non-hydrogen) atoms. The molecular formula is C15H20O2. The van der Waals surface area contributed by atoms with E-state index in [2.05, 4.69) is 19.1 Å². The predicted octanol–water partition coefficient (Wildman–Crippen LogP) is 2.96. The van der Waals surface area contributed by atoms with Crippen LogP contribution in [0.5, 0.6) is 5.75 Å². The van der Waals surface area contributed by atoms with Gasteiger partial charge in [0.1, 0.15) is 5.75 Å². The largest absolute Gasteiger partial charge is 0.493 e. The number of rotatable bonds is 3. The lowest BCUT2D eigenvalue weighted by Gasteiger charge is -2.27. The zero-order valence-corrected chi connectivity index (χ0v) is 10.3. The van der Waals surface area contributed by atoms with Crippen LogP contribution in [0.2, 0.25) is 0 Å². The monoisotopic (exact) mass is 232 g/mol. The van der Waals surface area contributed by atoms with E-state index in [1.54, 1.807) is 0 Å². The molecule has 4 atom stereocenters. The van der Waals surface area contributed by atoms with Gasteiger partial charge in [-0.15, -0.1) is 0 Å². The van der Waals surface area contributed by atoms with Crippen molar-refractivity contribution in [1.82, 2.24) is 0 Å². The number of ether oxygens (including phenoxy) is 1. The maximum Gasteiger partial charge on any atom is 0.122 e. The van der Waals surface area contributed by atoms with Crippen molar-refractivity contribution in [3.63, 3.8) is 0 Å². The minimum absolute atomic E-state index is 0.124. The molecule has 2 aliphatic rings. The summed E-state index contributed by atoms with van der Waals surface area (Å²) in [6.07, 6.45) is 3.01. The van der Waals surface area contributed by atoms with Crippen LogP contribution >= 0.6 is 0 Å². The van der Waals surface area contributed by atoms with Crippen LogP contribution in [0.25, 0.3) is 0 Å². The Kier molecular flexibility index (Phi) is 2.83. The molecule has 1 fully saturated rings. The first-order valence-electron chi connectivity index (χ1n) is 6.65. The Labute approximate surface area is 103 Å². The molecule has 2 heteroatoms. The zero-order valence-electron chi connectivity index (χ0n) is 10.3. The van der Waals surface area contributed by atoms with Crippen LogP contribution < -0.4 is 4.74 Å². The fourth-order valence-corrected chi connectivity index (χ4v) is 3.01. The SMILES string of the molecule is CC1CC1C(O)CC1CCOc2ccccc21. The van der Waals surface area contributed by atoms with Crippen LogP contribution in [0.4, 0.5) is 0 Å². The van der Waals surface area contributed by atoms with Gasteiger partial charge in [0.25, 0.3) is 0 Å². The lowest BCUT2D eigenvalue weighted by atomic mass is 9.87. The molecule has 1 aliphatic carbocycles. The highest BCUT2D eigenvalue weighted by atomic mass is 16.5. The summed E-state index contributed by atoms with van der Waals surface area (Å²) in [6, 6.07) is 8.25. The number of hydrogen-bond donors (Lipinski definition) is 1. The molecule has 1 saturated carbocycles. The molecule has 0 saturated heterocycles. The number of benzene rings is 1. The first kappa shape index (κ1) is 11.1. The van der Waals surface area contributed by atoms with Gasteiger partial charge >= 0.3 is 0 Å². The Bertz CT molecular complexity index is 402. The molecule has 0 aromatic heterocycles. The highest BCUT2D eigenvalue weighted by molar-refractivity contribution is 5.37. The predicted molar refractivity (Wildman–Crippen MR) is 67.2 cm³/mol. The summed E-state index contributed by atoms with van der Waals surface area (Å²) in [5.74, 6) is 2.76. The van der Waals surface area contributed by atoms with Gasteiger partial charge in [-0.25, -0.2) is 0 Å². The van der Waals surface area contributed by atoms with Crippen molar-refractivity contribution in [2.75, 3.05) is 6.61 Å². The Morgan fingerprint density at radius 1 is 1.41 bits per heavy atom. The van der Waals surface area contributed by atoms with E-state index < -0.39 is 0 Å². The van der Waals surface area contributed by atoms with E-state index in [9.17, 15) is 5.11 Å². The second-order valence-electron chi connectivity index (χ2n) is 5.55. The molecule has 0 spiro atoms. The second-order valence-corrected chi connectivity index (χ2v) is 5.55. The summed E-state index contributed by atoms with van der Waals surface area (Å²) in [5.41, 5.74) is 1.28. The van der Waals surface area contributed by atoms with Gasteiger partial charge in [-0.1, -0.05) is 25.1 Å². The van der Waals surface area contributed by atoms with Gasteiger partial charge < -0.3 is 9.84 Å². The van der Waals surface area contributed by atoms with E-state index >= 15 is 0 Å². The lowest BCUT2D eigenvalue weighted by molar-refractivity contribution is 0.118. The van der Waals surface area contributed by atoms with Crippen molar-refractivity contribution in [3.8, 4) is 5.75 Å². The van der Waals surface area contributed by atoms with Crippen molar-refractivity contribution in [2.45, 2.75) is 38.2 Å². The Morgan fingerprint density at radius 3 is 2.94 bits per heavy atom. The Balaban J connectivity index is 1.72. The lowest BCUT2D eigenvalue weighted by Crippen LogP contribution is -2.20. The maximum absolute atomic E-state index is 10.2. The van der Waals surface area contributed by atoms with E-state index in [4.69, 9.17) is 4.74 Å². The van der Waals surface area contributed by atoms with E-state index in [1.807, 2.05) is 12.1 Å². The van der Waals surface area contributed by atoms with Crippen LogP contribution in [0.3, 0.4) is 0 Å². The van der Waals surface area contributed by atoms with E-state index in [1.165, 1.54) is 12.0 Å². The molecule has 1 heterocycles. The van der Waals surface area contributed by atoms with Crippen LogP contribution in [-0.4, -0.2) is 17.8 Å². The van der Waals surface area contributed by atoms with Gasteiger partial charge in [-0.2, -0.15) is 0 Å². The minimum Gasteiger partial charge on any atom is -0.493 e. The first-order chi connectivity index (χ1) is 8.25. The average molecular weight is 232 g/mol. The van der Waals surface area contributed by atoms with Crippen LogP contribution in [0, 0.1) is 11.8 Å². The van der Waals surface area contributed by atoms with Gasteiger partial charge in [0.15, 0.2) is 0 Å². The number of aliphatic hydroxyl groups is 1. The van der Waals surface area contributed by atoms with Crippen LogP contribution in [0.15, 0.2) is 24.3 Å². The highest BCUT2D eigenvalue weighted by Crippen LogP contribution is 2.45. The van der Waals surface area contributed by atoms with E-state index in [0.717, 1.165) is 31.1 Å². The van der Waals surface area contributed by atoms with Crippen LogP contribution in [-0.2, 0) is 0 Å². The quantitative estimate of drug-likeness (QED) is 0.868. The van der Waals surface area contributed by atoms with E-state index in [-0.39, 0.29) is 6.10 Å². The van der Waals surface area contributed by atoms with Crippen LogP contribution in [0.1, 0.15) is 37.7 Å². The minimum atomic E-state index is -0.124. The second kappa shape index (κ2) is 4.34. The summed E-state index contributed by atoms with van der Waals surface area (Å²) in [7, 11) is 0. The smallest absolute Gasteiger partial charge is 0.122 e. The number of fused-ring (bicyclic) bond motifs is 1. The van der Waals surface area contributed by atoms with Gasteiger partial charge in [0.05, 0.1) is 12.7 Å². The summed E-state index contributed by atoms with van der Waals surface area (Å²) >= 11 is 0. The van der Waals surface area contributed by atoms with Crippen molar-refractivity contribution in [2.24, 2.45) is 11.8 Å². The van der Waals surface area contributed by atoms with Gasteiger partial charge in [0, 0.05) is 0 Å². The third-order valence-corrected chi connectivity index (χ3v) is 4.27. The summed E-state index contributed by atoms with van der Waals surface area (Å²) in [4.78, 5) is 0. The fourth-order valence-electron chi connectivity index (χ4n) is 3.01. The van der Waals surface area contributed by atoms with Crippen molar-refractivity contribution in [3.05, 3.63) is 29.8 Å². The van der Waals surface area contributed by atoms with Gasteiger partial charge in [0.2, 0.25) is 0 Å². The molecule has 0 amide bonds. The van der Waals surface area contributed by atoms with Gasteiger partial charge in [-0.3, -0.25) is 0 Å². The third-order valence-electron chi connectivity index (χ3n) is 4.27. The molecule has 0 radical (unpaired) electrons. The summed E-state index contributed by atoms with van der Waals surface area (Å²) < 4.78 is 5.65. The normalized spacial score (nSPS) is 32.5. The fraction of sp³-hybridized carbons (Fsp3) is 0.600. The molecule has 1 N–H and O–H groups in total. The first-order valence-corrected chi connectivity index (χ1v) is 6.65. The van der Waals surface area contributed by atoms with Crippen molar-refractivity contribution in [1.29, 1.82) is 0 Å². The number of para-hydroxylation sites is 1. The number of hydrogen-bond acceptors (Lipinski definition) is 2. The summed E-state index contributed by atoms with van der Waals surface area (Å²) in [5, 5.41) is 10.2. The topological polar surface area (TPSA) is 29.5 Å². The van der Waals surface area contributed by atoms with Crippen molar-refractivity contribution >= 4 is 0 Å². The Morgan fingerprint density at radius 2 is 2.18 bits per heavy atom. The average Bonchev–Trinajstić information content (AvgIpc) is 3.07. The molecule has 1 aromatic rings. The third kappa shape index (κ3) is 2.19. The molecule has 1 aromatic carbocycles. The molecule has 1 aliphatic heterocycles. The zero-order chi connectivity index (χ0) is 11.8. The molecule has 92 valence electrons. The maximum atomic E-state index is 10.2. The van der Waals surface area contributed by atoms with E-state index in [0.29, 0.717) is 11.8 Å². The molecule has 0 bridgehead atoms. The van der Waals surface area contributed by atoms with Crippen molar-refractivity contribution < 1.29 is 9.84 Å².